The number of carbonyl (C=O) groups excluding carboxylic acids is 2. The lowest BCUT2D eigenvalue weighted by molar-refractivity contribution is -0.126. The van der Waals surface area contributed by atoms with Crippen LogP contribution in [0.5, 0.6) is 0 Å². The van der Waals surface area contributed by atoms with Crippen LogP contribution in [0.3, 0.4) is 0 Å². The smallest absolute Gasteiger partial charge is 0.341 e. The predicted molar refractivity (Wildman–Crippen MR) is 109 cm³/mol. The van der Waals surface area contributed by atoms with Gasteiger partial charge in [-0.05, 0) is 50.5 Å². The molecule has 0 N–H and O–H groups in total. The predicted octanol–water partition coefficient (Wildman–Crippen LogP) is 3.99. The van der Waals surface area contributed by atoms with Gasteiger partial charge in [-0.25, -0.2) is 4.79 Å². The van der Waals surface area contributed by atoms with Crippen LogP contribution in [0, 0.1) is 13.8 Å². The first-order valence-electron chi connectivity index (χ1n) is 9.43. The lowest BCUT2D eigenvalue weighted by atomic mass is 10.0. The highest BCUT2D eigenvalue weighted by Gasteiger charge is 2.30. The van der Waals surface area contributed by atoms with Crippen LogP contribution in [0.15, 0.2) is 48.5 Å². The van der Waals surface area contributed by atoms with Gasteiger partial charge in [0.05, 0.1) is 16.8 Å². The number of esters is 1. The highest BCUT2D eigenvalue weighted by molar-refractivity contribution is 6.02. The Hall–Kier alpha value is -3.21. The van der Waals surface area contributed by atoms with Crippen molar-refractivity contribution in [1.82, 2.24) is 4.98 Å². The molecular formula is C23H22N2O3. The Labute approximate surface area is 163 Å². The summed E-state index contributed by atoms with van der Waals surface area (Å²) in [5.41, 5.74) is 4.73. The molecule has 0 bridgehead atoms. The van der Waals surface area contributed by atoms with E-state index in [9.17, 15) is 9.59 Å². The molecule has 2 heterocycles. The Morgan fingerprint density at radius 1 is 1.07 bits per heavy atom. The third kappa shape index (κ3) is 3.03. The average Bonchev–Trinajstić information content (AvgIpc) is 3.11. The van der Waals surface area contributed by atoms with Crippen molar-refractivity contribution in [2.75, 3.05) is 11.4 Å². The summed E-state index contributed by atoms with van der Waals surface area (Å²) in [5, 5.41) is 0.910. The number of hydrogen-bond acceptors (Lipinski definition) is 4. The Morgan fingerprint density at radius 2 is 1.79 bits per heavy atom. The van der Waals surface area contributed by atoms with E-state index in [0.717, 1.165) is 34.1 Å². The number of para-hydroxylation sites is 2. The third-order valence-corrected chi connectivity index (χ3v) is 5.32. The zero-order chi connectivity index (χ0) is 19.8. The van der Waals surface area contributed by atoms with Crippen molar-refractivity contribution in [2.45, 2.75) is 33.3 Å². The van der Waals surface area contributed by atoms with Crippen LogP contribution >= 0.6 is 0 Å². The molecule has 0 saturated heterocycles. The normalized spacial score (nSPS) is 14.0. The Kier molecular flexibility index (Phi) is 4.59. The van der Waals surface area contributed by atoms with Gasteiger partial charge in [0.1, 0.15) is 0 Å². The number of aryl methyl sites for hydroxylation is 2. The molecule has 3 aromatic rings. The van der Waals surface area contributed by atoms with E-state index in [1.807, 2.05) is 55.5 Å². The van der Waals surface area contributed by atoms with E-state index < -0.39 is 12.1 Å². The van der Waals surface area contributed by atoms with E-state index in [4.69, 9.17) is 4.74 Å². The first-order valence-corrected chi connectivity index (χ1v) is 9.43. The second-order valence-corrected chi connectivity index (χ2v) is 7.13. The van der Waals surface area contributed by atoms with Gasteiger partial charge >= 0.3 is 5.97 Å². The van der Waals surface area contributed by atoms with Crippen LogP contribution in [0.2, 0.25) is 0 Å². The van der Waals surface area contributed by atoms with Gasteiger partial charge in [-0.3, -0.25) is 9.78 Å². The fourth-order valence-electron chi connectivity index (χ4n) is 3.89. The summed E-state index contributed by atoms with van der Waals surface area (Å²) in [7, 11) is 0. The fraction of sp³-hybridized carbons (Fsp3) is 0.261. The second kappa shape index (κ2) is 7.08. The zero-order valence-electron chi connectivity index (χ0n) is 16.2. The summed E-state index contributed by atoms with van der Waals surface area (Å²) in [5.74, 6) is -0.719. The third-order valence-electron chi connectivity index (χ3n) is 5.32. The van der Waals surface area contributed by atoms with E-state index in [1.165, 1.54) is 0 Å². The molecule has 5 nitrogen and oxygen atoms in total. The SMILES string of the molecule is Cc1nc2ccccc2c(C)c1C(=O)O[C@@H](C)C(=O)N1CCc2ccccc21. The van der Waals surface area contributed by atoms with Gasteiger partial charge in [0.15, 0.2) is 6.10 Å². The van der Waals surface area contributed by atoms with Gasteiger partial charge < -0.3 is 9.64 Å². The average molecular weight is 374 g/mol. The monoisotopic (exact) mass is 374 g/mol. The standard InChI is InChI=1S/C23H22N2O3/c1-14-18-9-5-6-10-19(18)24-15(2)21(14)23(27)28-16(3)22(26)25-13-12-17-8-4-7-11-20(17)25/h4-11,16H,12-13H2,1-3H3/t16-/m0/s1. The van der Waals surface area contributed by atoms with Crippen molar-refractivity contribution in [1.29, 1.82) is 0 Å². The minimum absolute atomic E-state index is 0.206. The molecule has 1 aromatic heterocycles. The minimum Gasteiger partial charge on any atom is -0.449 e. The van der Waals surface area contributed by atoms with Crippen LogP contribution in [-0.4, -0.2) is 29.5 Å². The van der Waals surface area contributed by atoms with E-state index in [0.29, 0.717) is 17.8 Å². The summed E-state index contributed by atoms with van der Waals surface area (Å²) in [6.07, 6.45) is -0.0565. The van der Waals surface area contributed by atoms with Gasteiger partial charge in [0, 0.05) is 17.6 Å². The van der Waals surface area contributed by atoms with Crippen molar-refractivity contribution in [3.63, 3.8) is 0 Å². The van der Waals surface area contributed by atoms with E-state index in [-0.39, 0.29) is 5.91 Å². The van der Waals surface area contributed by atoms with Gasteiger partial charge in [-0.15, -0.1) is 0 Å². The van der Waals surface area contributed by atoms with Crippen LogP contribution in [0.4, 0.5) is 5.69 Å². The molecule has 0 radical (unpaired) electrons. The first-order chi connectivity index (χ1) is 13.5. The van der Waals surface area contributed by atoms with Crippen molar-refractivity contribution in [2.24, 2.45) is 0 Å². The Morgan fingerprint density at radius 3 is 2.61 bits per heavy atom. The van der Waals surface area contributed by atoms with Crippen LogP contribution in [0.1, 0.15) is 34.1 Å². The number of anilines is 1. The molecule has 1 aliphatic rings. The fourth-order valence-corrected chi connectivity index (χ4v) is 3.89. The number of rotatable bonds is 3. The van der Waals surface area contributed by atoms with Gasteiger partial charge in [0.25, 0.3) is 5.91 Å². The highest BCUT2D eigenvalue weighted by Crippen LogP contribution is 2.29. The number of ether oxygens (including phenoxy) is 1. The topological polar surface area (TPSA) is 59.5 Å². The van der Waals surface area contributed by atoms with Gasteiger partial charge in [-0.2, -0.15) is 0 Å². The molecule has 28 heavy (non-hydrogen) atoms. The maximum absolute atomic E-state index is 12.9. The Bertz CT molecular complexity index is 1090. The molecule has 0 unspecified atom stereocenters. The van der Waals surface area contributed by atoms with Crippen molar-refractivity contribution >= 4 is 28.5 Å². The second-order valence-electron chi connectivity index (χ2n) is 7.13. The quantitative estimate of drug-likeness (QED) is 0.651. The molecule has 142 valence electrons. The summed E-state index contributed by atoms with van der Waals surface area (Å²) in [4.78, 5) is 32.0. The number of fused-ring (bicyclic) bond motifs is 2. The van der Waals surface area contributed by atoms with Crippen LogP contribution in [-0.2, 0) is 16.0 Å². The van der Waals surface area contributed by atoms with Gasteiger partial charge in [0.2, 0.25) is 0 Å². The van der Waals surface area contributed by atoms with E-state index >= 15 is 0 Å². The molecule has 5 heteroatoms. The largest absolute Gasteiger partial charge is 0.449 e. The van der Waals surface area contributed by atoms with E-state index in [2.05, 4.69) is 4.98 Å². The molecule has 4 rings (SSSR count). The number of aromatic nitrogens is 1. The van der Waals surface area contributed by atoms with E-state index in [1.54, 1.807) is 18.7 Å². The number of hydrogen-bond donors (Lipinski definition) is 0. The van der Waals surface area contributed by atoms with Crippen molar-refractivity contribution in [3.05, 3.63) is 70.9 Å². The molecule has 0 fully saturated rings. The summed E-state index contributed by atoms with van der Waals surface area (Å²) < 4.78 is 5.57. The number of amides is 1. The van der Waals surface area contributed by atoms with Crippen LogP contribution < -0.4 is 4.90 Å². The molecule has 2 aromatic carbocycles. The molecule has 1 atom stereocenters. The summed E-state index contributed by atoms with van der Waals surface area (Å²) in [6.45, 7) is 5.91. The maximum Gasteiger partial charge on any atom is 0.341 e. The number of pyridine rings is 1. The number of nitrogens with zero attached hydrogens (tertiary/aromatic N) is 2. The summed E-state index contributed by atoms with van der Waals surface area (Å²) in [6, 6.07) is 15.5. The molecular weight excluding hydrogens is 352 g/mol. The van der Waals surface area contributed by atoms with Crippen molar-refractivity contribution in [3.8, 4) is 0 Å². The molecule has 0 saturated carbocycles. The number of benzene rings is 2. The highest BCUT2D eigenvalue weighted by atomic mass is 16.5. The van der Waals surface area contributed by atoms with Gasteiger partial charge in [-0.1, -0.05) is 36.4 Å². The van der Waals surface area contributed by atoms with Crippen LogP contribution in [0.25, 0.3) is 10.9 Å². The first kappa shape index (κ1) is 18.2. The molecule has 0 spiro atoms. The van der Waals surface area contributed by atoms with Crippen molar-refractivity contribution < 1.29 is 14.3 Å². The lowest BCUT2D eigenvalue weighted by Gasteiger charge is -2.22. The molecule has 1 aliphatic heterocycles. The summed E-state index contributed by atoms with van der Waals surface area (Å²) >= 11 is 0. The molecule has 0 aliphatic carbocycles. The zero-order valence-corrected chi connectivity index (χ0v) is 16.2. The number of carbonyl (C=O) groups is 2. The maximum atomic E-state index is 12.9. The lowest BCUT2D eigenvalue weighted by Crippen LogP contribution is -2.39. The molecule has 1 amide bonds. The minimum atomic E-state index is -0.871. The Balaban J connectivity index is 1.57.